The number of halogens is 1. The lowest BCUT2D eigenvalue weighted by molar-refractivity contribution is 0.481. The van der Waals surface area contributed by atoms with Crippen molar-refractivity contribution in [2.24, 2.45) is 4.99 Å². The van der Waals surface area contributed by atoms with Crippen molar-refractivity contribution in [2.45, 2.75) is 18.2 Å². The number of phenolic OH excluding ortho intramolecular Hbond substituents is 1. The Hall–Kier alpha value is -3.65. The molecule has 0 amide bonds. The van der Waals surface area contributed by atoms with Gasteiger partial charge in [0, 0.05) is 30.0 Å². The third-order valence-corrected chi connectivity index (χ3v) is 7.25. The van der Waals surface area contributed by atoms with Crippen molar-refractivity contribution < 1.29 is 17.9 Å². The van der Waals surface area contributed by atoms with E-state index in [0.29, 0.717) is 29.6 Å². The van der Waals surface area contributed by atoms with Crippen molar-refractivity contribution in [3.8, 4) is 5.75 Å². The van der Waals surface area contributed by atoms with Crippen LogP contribution >= 0.6 is 0 Å². The van der Waals surface area contributed by atoms with E-state index in [1.165, 1.54) is 18.3 Å². The van der Waals surface area contributed by atoms with E-state index in [2.05, 4.69) is 10.3 Å². The molecule has 0 saturated carbocycles. The molecule has 5 rings (SSSR count). The molecule has 2 heterocycles. The average Bonchev–Trinajstić information content (AvgIpc) is 3.19. The lowest BCUT2D eigenvalue weighted by Crippen LogP contribution is -2.12. The molecule has 1 aliphatic heterocycles. The number of anilines is 1. The Morgan fingerprint density at radius 3 is 2.56 bits per heavy atom. The van der Waals surface area contributed by atoms with Gasteiger partial charge in [-0.1, -0.05) is 29.8 Å². The number of hydrogen-bond donors (Lipinski definition) is 2. The monoisotopic (exact) mass is 449 g/mol. The van der Waals surface area contributed by atoms with Gasteiger partial charge in [0.2, 0.25) is 0 Å². The van der Waals surface area contributed by atoms with Crippen LogP contribution in [0.1, 0.15) is 16.7 Å². The molecule has 4 aromatic rings. The van der Waals surface area contributed by atoms with Crippen LogP contribution in [0.5, 0.6) is 5.75 Å². The van der Waals surface area contributed by atoms with Crippen LogP contribution in [0.4, 0.5) is 15.8 Å². The quantitative estimate of drug-likeness (QED) is 0.348. The zero-order valence-electron chi connectivity index (χ0n) is 17.2. The highest BCUT2D eigenvalue weighted by atomic mass is 32.2. The second kappa shape index (κ2) is 7.49. The molecule has 6 nitrogen and oxygen atoms in total. The van der Waals surface area contributed by atoms with Crippen molar-refractivity contribution in [1.82, 2.24) is 3.97 Å². The number of aromatic hydroxyl groups is 1. The molecule has 0 fully saturated rings. The van der Waals surface area contributed by atoms with Gasteiger partial charge in [-0.2, -0.15) is 0 Å². The summed E-state index contributed by atoms with van der Waals surface area (Å²) >= 11 is 0. The van der Waals surface area contributed by atoms with Gasteiger partial charge >= 0.3 is 0 Å². The Labute approximate surface area is 184 Å². The summed E-state index contributed by atoms with van der Waals surface area (Å²) < 4.78 is 41.2. The molecule has 0 bridgehead atoms. The van der Waals surface area contributed by atoms with Crippen molar-refractivity contribution in [2.75, 3.05) is 11.9 Å². The summed E-state index contributed by atoms with van der Waals surface area (Å²) in [6, 6.07) is 14.1. The van der Waals surface area contributed by atoms with Gasteiger partial charge in [-0.15, -0.1) is 0 Å². The van der Waals surface area contributed by atoms with Gasteiger partial charge < -0.3 is 10.4 Å². The largest absolute Gasteiger partial charge is 0.504 e. The molecule has 0 saturated heterocycles. The maximum Gasteiger partial charge on any atom is 0.268 e. The first-order chi connectivity index (χ1) is 15.3. The third kappa shape index (κ3) is 3.33. The summed E-state index contributed by atoms with van der Waals surface area (Å²) in [7, 11) is -3.94. The van der Waals surface area contributed by atoms with Crippen LogP contribution < -0.4 is 5.32 Å². The topological polar surface area (TPSA) is 83.7 Å². The predicted molar refractivity (Wildman–Crippen MR) is 123 cm³/mol. The highest BCUT2D eigenvalue weighted by Gasteiger charge is 2.28. The predicted octanol–water partition coefficient (Wildman–Crippen LogP) is 4.75. The maximum absolute atomic E-state index is 13.5. The zero-order valence-corrected chi connectivity index (χ0v) is 18.0. The van der Waals surface area contributed by atoms with E-state index < -0.39 is 10.0 Å². The van der Waals surface area contributed by atoms with E-state index in [1.54, 1.807) is 48.7 Å². The van der Waals surface area contributed by atoms with Crippen LogP contribution in [0.25, 0.3) is 10.9 Å². The van der Waals surface area contributed by atoms with Crippen LogP contribution in [0.3, 0.4) is 0 Å². The van der Waals surface area contributed by atoms with Crippen molar-refractivity contribution in [3.63, 3.8) is 0 Å². The van der Waals surface area contributed by atoms with Crippen LogP contribution in [0.15, 0.2) is 70.7 Å². The fraction of sp³-hybridized carbons (Fsp3) is 0.125. The molecule has 0 unspecified atom stereocenters. The first-order valence-corrected chi connectivity index (χ1v) is 11.5. The lowest BCUT2D eigenvalue weighted by Gasteiger charge is -2.16. The molecular weight excluding hydrogens is 429 g/mol. The van der Waals surface area contributed by atoms with Crippen LogP contribution in [0, 0.1) is 12.7 Å². The Bertz CT molecular complexity index is 1470. The molecule has 8 heteroatoms. The lowest BCUT2D eigenvalue weighted by atomic mass is 10.0. The number of hydrogen-bond acceptors (Lipinski definition) is 5. The molecule has 3 aromatic carbocycles. The van der Waals surface area contributed by atoms with Crippen LogP contribution in [0.2, 0.25) is 0 Å². The first-order valence-electron chi connectivity index (χ1n) is 10.1. The van der Waals surface area contributed by atoms with Crippen LogP contribution in [-0.2, 0) is 16.4 Å². The van der Waals surface area contributed by atoms with Crippen molar-refractivity contribution in [1.29, 1.82) is 0 Å². The Balaban J connectivity index is 1.70. The van der Waals surface area contributed by atoms with E-state index in [0.717, 1.165) is 15.1 Å². The van der Waals surface area contributed by atoms with Gasteiger partial charge in [0.25, 0.3) is 10.0 Å². The fourth-order valence-corrected chi connectivity index (χ4v) is 5.31. The molecule has 32 heavy (non-hydrogen) atoms. The molecule has 162 valence electrons. The first kappa shape index (κ1) is 20.3. The number of nitrogens with one attached hydrogen (secondary N) is 1. The highest BCUT2D eigenvalue weighted by Crippen LogP contribution is 2.44. The molecule has 1 aliphatic rings. The number of aromatic nitrogens is 1. The smallest absolute Gasteiger partial charge is 0.268 e. The minimum Gasteiger partial charge on any atom is -0.504 e. The number of aryl methyl sites for hydroxylation is 1. The molecule has 1 aromatic heterocycles. The summed E-state index contributed by atoms with van der Waals surface area (Å²) in [4.78, 5) is 4.50. The molecule has 2 N–H and O–H groups in total. The van der Waals surface area contributed by atoms with Crippen LogP contribution in [-0.4, -0.2) is 30.3 Å². The van der Waals surface area contributed by atoms with E-state index in [1.807, 2.05) is 6.92 Å². The molecule has 0 spiro atoms. The van der Waals surface area contributed by atoms with Gasteiger partial charge in [-0.3, -0.25) is 4.99 Å². The van der Waals surface area contributed by atoms with Crippen molar-refractivity contribution in [3.05, 3.63) is 83.3 Å². The minimum absolute atomic E-state index is 0.139. The summed E-state index contributed by atoms with van der Waals surface area (Å²) in [6.45, 7) is 2.53. The highest BCUT2D eigenvalue weighted by molar-refractivity contribution is 7.90. The number of rotatable bonds is 4. The standard InChI is InChI=1S/C24H20FN3O3S/c1-15-2-8-19(9-3-15)32(30,31)28-14-17-10-11-26-20-12-21(24(29)23(28)22(17)20)27-13-16-4-6-18(25)7-5-16/h2-9,12-14,26,29H,10-11H2,1H3. The molecule has 0 radical (unpaired) electrons. The van der Waals surface area contributed by atoms with Gasteiger partial charge in [-0.25, -0.2) is 16.8 Å². The van der Waals surface area contributed by atoms with Gasteiger partial charge in [-0.05, 0) is 54.8 Å². The SMILES string of the molecule is Cc1ccc(S(=O)(=O)n2cc3c4c(cc(N=Cc5ccc(F)cc5)c(O)c42)NCC3)cc1. The average molecular weight is 450 g/mol. The number of nitrogens with zero attached hydrogens (tertiary/aromatic N) is 2. The van der Waals surface area contributed by atoms with Crippen molar-refractivity contribution >= 4 is 38.5 Å². The Kier molecular flexibility index (Phi) is 4.74. The molecule has 0 aliphatic carbocycles. The van der Waals surface area contributed by atoms with Gasteiger partial charge in [0.1, 0.15) is 17.0 Å². The van der Waals surface area contributed by atoms with Gasteiger partial charge in [0.15, 0.2) is 5.75 Å². The van der Waals surface area contributed by atoms with E-state index in [-0.39, 0.29) is 27.7 Å². The van der Waals surface area contributed by atoms with E-state index in [9.17, 15) is 17.9 Å². The summed E-state index contributed by atoms with van der Waals surface area (Å²) in [5.74, 6) is -0.584. The van der Waals surface area contributed by atoms with E-state index in [4.69, 9.17) is 0 Å². The summed E-state index contributed by atoms with van der Waals surface area (Å²) in [6.07, 6.45) is 3.72. The summed E-state index contributed by atoms with van der Waals surface area (Å²) in [5.41, 5.74) is 3.56. The maximum atomic E-state index is 13.5. The normalized spacial score (nSPS) is 13.6. The number of aliphatic imine (C=N–C) groups is 1. The second-order valence-electron chi connectivity index (χ2n) is 7.77. The zero-order chi connectivity index (χ0) is 22.5. The fourth-order valence-electron chi connectivity index (χ4n) is 3.92. The number of phenols is 1. The van der Waals surface area contributed by atoms with E-state index >= 15 is 0 Å². The Morgan fingerprint density at radius 2 is 1.84 bits per heavy atom. The summed E-state index contributed by atoms with van der Waals surface area (Å²) in [5, 5.41) is 15.0. The minimum atomic E-state index is -3.94. The molecular formula is C24H20FN3O3S. The van der Waals surface area contributed by atoms with Gasteiger partial charge in [0.05, 0.1) is 4.90 Å². The second-order valence-corrected chi connectivity index (χ2v) is 9.59. The number of benzene rings is 3. The molecule has 0 atom stereocenters. The Morgan fingerprint density at radius 1 is 1.12 bits per heavy atom. The third-order valence-electron chi connectivity index (χ3n) is 5.58.